The van der Waals surface area contributed by atoms with E-state index in [0.717, 1.165) is 0 Å². The number of nitrogens with zero attached hydrogens (tertiary/aromatic N) is 1. The number of hydrogen-bond donors (Lipinski definition) is 0. The minimum absolute atomic E-state index is 0.0336. The fourth-order valence-electron chi connectivity index (χ4n) is 1.76. The van der Waals surface area contributed by atoms with E-state index in [-0.39, 0.29) is 18.9 Å². The summed E-state index contributed by atoms with van der Waals surface area (Å²) in [6.45, 7) is -0.0336. The van der Waals surface area contributed by atoms with Gasteiger partial charge in [-0.25, -0.2) is 12.8 Å². The summed E-state index contributed by atoms with van der Waals surface area (Å²) in [5.41, 5.74) is 0.345. The summed E-state index contributed by atoms with van der Waals surface area (Å²) >= 11 is 0. The van der Waals surface area contributed by atoms with Gasteiger partial charge in [-0.05, 0) is 18.2 Å². The number of carbonyl (C=O) groups excluding carboxylic acids is 1. The van der Waals surface area contributed by atoms with Crippen molar-refractivity contribution >= 4 is 31.3 Å². The maximum absolute atomic E-state index is 13.0. The van der Waals surface area contributed by atoms with Crippen LogP contribution in [0.15, 0.2) is 24.3 Å². The molecule has 7 heteroatoms. The Hall–Kier alpha value is -1.14. The van der Waals surface area contributed by atoms with Crippen LogP contribution in [0.25, 0.3) is 0 Å². The Bertz CT molecular complexity index is 560. The van der Waals surface area contributed by atoms with Gasteiger partial charge >= 0.3 is 0 Å². The van der Waals surface area contributed by atoms with Crippen LogP contribution in [-0.2, 0) is 13.8 Å². The summed E-state index contributed by atoms with van der Waals surface area (Å²) in [6.07, 6.45) is -0.164. The van der Waals surface area contributed by atoms with Crippen molar-refractivity contribution in [3.63, 3.8) is 0 Å². The molecule has 0 bridgehead atoms. The molecule has 0 saturated carbocycles. The molecule has 1 fully saturated rings. The number of benzene rings is 1. The van der Waals surface area contributed by atoms with Gasteiger partial charge in [0.05, 0.1) is 0 Å². The molecule has 1 aliphatic heterocycles. The highest BCUT2D eigenvalue weighted by Crippen LogP contribution is 2.26. The number of halogens is 2. The lowest BCUT2D eigenvalue weighted by atomic mass is 10.3. The highest BCUT2D eigenvalue weighted by Gasteiger charge is 2.37. The number of rotatable bonds is 2. The van der Waals surface area contributed by atoms with E-state index in [1.54, 1.807) is 6.07 Å². The lowest BCUT2D eigenvalue weighted by Gasteiger charge is -2.15. The van der Waals surface area contributed by atoms with Crippen LogP contribution in [0.2, 0.25) is 0 Å². The average Bonchev–Trinajstić information content (AvgIpc) is 2.60. The van der Waals surface area contributed by atoms with E-state index in [2.05, 4.69) is 0 Å². The molecule has 1 atom stereocenters. The quantitative estimate of drug-likeness (QED) is 0.770. The fourth-order valence-corrected chi connectivity index (χ4v) is 2.78. The van der Waals surface area contributed by atoms with Crippen molar-refractivity contribution < 1.29 is 17.6 Å². The van der Waals surface area contributed by atoms with Crippen LogP contribution in [0, 0.1) is 5.82 Å². The molecule has 1 heterocycles. The summed E-state index contributed by atoms with van der Waals surface area (Å²) in [5, 5.41) is -0.931. The molecule has 0 aliphatic carbocycles. The van der Waals surface area contributed by atoms with Gasteiger partial charge in [0.25, 0.3) is 0 Å². The van der Waals surface area contributed by atoms with E-state index >= 15 is 0 Å². The molecular weight excluding hydrogens is 269 g/mol. The Labute approximate surface area is 102 Å². The van der Waals surface area contributed by atoms with Crippen molar-refractivity contribution in [3.05, 3.63) is 30.1 Å². The Morgan fingerprint density at radius 1 is 1.41 bits per heavy atom. The van der Waals surface area contributed by atoms with Crippen LogP contribution in [-0.4, -0.2) is 26.1 Å². The van der Waals surface area contributed by atoms with E-state index in [0.29, 0.717) is 5.69 Å². The second-order valence-corrected chi connectivity index (χ2v) is 6.69. The van der Waals surface area contributed by atoms with Gasteiger partial charge < -0.3 is 4.90 Å². The summed E-state index contributed by atoms with van der Waals surface area (Å²) in [6, 6.07) is 5.44. The van der Waals surface area contributed by atoms with E-state index in [1.807, 2.05) is 0 Å². The second kappa shape index (κ2) is 4.27. The summed E-state index contributed by atoms with van der Waals surface area (Å²) in [4.78, 5) is 12.9. The second-order valence-electron chi connectivity index (χ2n) is 3.79. The van der Waals surface area contributed by atoms with Gasteiger partial charge in [-0.1, -0.05) is 6.07 Å². The van der Waals surface area contributed by atoms with Crippen LogP contribution in [0.1, 0.15) is 6.42 Å². The molecule has 1 amide bonds. The maximum atomic E-state index is 13.0. The number of hydrogen-bond acceptors (Lipinski definition) is 3. The van der Waals surface area contributed by atoms with Crippen LogP contribution < -0.4 is 4.90 Å². The molecule has 4 nitrogen and oxygen atoms in total. The zero-order chi connectivity index (χ0) is 12.6. The van der Waals surface area contributed by atoms with Crippen molar-refractivity contribution in [1.82, 2.24) is 0 Å². The van der Waals surface area contributed by atoms with Crippen molar-refractivity contribution in [1.29, 1.82) is 0 Å². The SMILES string of the molecule is O=C1CC(S(=O)(=O)Cl)CN1c1cccc(F)c1. The molecule has 1 unspecified atom stereocenters. The third-order valence-electron chi connectivity index (χ3n) is 2.61. The molecule has 0 spiro atoms. The Morgan fingerprint density at radius 3 is 2.65 bits per heavy atom. The van der Waals surface area contributed by atoms with Crippen molar-refractivity contribution in [2.75, 3.05) is 11.4 Å². The van der Waals surface area contributed by atoms with Gasteiger partial charge in [-0.15, -0.1) is 0 Å². The third kappa shape index (κ3) is 2.58. The third-order valence-corrected chi connectivity index (χ3v) is 4.48. The van der Waals surface area contributed by atoms with Crippen LogP contribution >= 0.6 is 10.7 Å². The predicted molar refractivity (Wildman–Crippen MR) is 61.9 cm³/mol. The zero-order valence-electron chi connectivity index (χ0n) is 8.64. The van der Waals surface area contributed by atoms with E-state index in [4.69, 9.17) is 10.7 Å². The molecular formula is C10H9ClFNO3S. The molecule has 17 heavy (non-hydrogen) atoms. The first-order valence-corrected chi connectivity index (χ1v) is 7.24. The molecule has 0 N–H and O–H groups in total. The smallest absolute Gasteiger partial charge is 0.237 e. The monoisotopic (exact) mass is 277 g/mol. The molecule has 1 aliphatic rings. The maximum Gasteiger partial charge on any atom is 0.237 e. The van der Waals surface area contributed by atoms with E-state index in [9.17, 15) is 17.6 Å². The summed E-state index contributed by atoms with van der Waals surface area (Å²) in [5.74, 6) is -0.850. The highest BCUT2D eigenvalue weighted by atomic mass is 35.7. The largest absolute Gasteiger partial charge is 0.311 e. The fraction of sp³-hybridized carbons (Fsp3) is 0.300. The van der Waals surface area contributed by atoms with Gasteiger partial charge in [0.15, 0.2) is 0 Å². The number of amides is 1. The minimum atomic E-state index is -3.77. The van der Waals surface area contributed by atoms with Crippen molar-refractivity contribution in [2.24, 2.45) is 0 Å². The van der Waals surface area contributed by atoms with Gasteiger partial charge in [0.2, 0.25) is 15.0 Å². The van der Waals surface area contributed by atoms with Gasteiger partial charge in [-0.3, -0.25) is 4.79 Å². The molecule has 1 aromatic rings. The minimum Gasteiger partial charge on any atom is -0.311 e. The normalized spacial score (nSPS) is 20.9. The Kier molecular flexibility index (Phi) is 3.09. The zero-order valence-corrected chi connectivity index (χ0v) is 10.2. The number of carbonyl (C=O) groups is 1. The lowest BCUT2D eigenvalue weighted by molar-refractivity contribution is -0.117. The van der Waals surface area contributed by atoms with Crippen LogP contribution in [0.3, 0.4) is 0 Å². The van der Waals surface area contributed by atoms with Crippen molar-refractivity contribution in [3.8, 4) is 0 Å². The summed E-state index contributed by atoms with van der Waals surface area (Å²) < 4.78 is 35.3. The highest BCUT2D eigenvalue weighted by molar-refractivity contribution is 8.14. The Balaban J connectivity index is 2.28. The first kappa shape index (κ1) is 12.3. The molecule has 1 saturated heterocycles. The molecule has 1 aromatic carbocycles. The molecule has 2 rings (SSSR count). The Morgan fingerprint density at radius 2 is 2.12 bits per heavy atom. The van der Waals surface area contributed by atoms with Crippen LogP contribution in [0.4, 0.5) is 10.1 Å². The molecule has 0 radical (unpaired) electrons. The number of anilines is 1. The predicted octanol–water partition coefficient (Wildman–Crippen LogP) is 1.50. The molecule has 0 aromatic heterocycles. The molecule has 92 valence electrons. The van der Waals surface area contributed by atoms with Crippen molar-refractivity contribution in [2.45, 2.75) is 11.7 Å². The van der Waals surface area contributed by atoms with Crippen LogP contribution in [0.5, 0.6) is 0 Å². The standard InChI is InChI=1S/C10H9ClFNO3S/c11-17(15,16)9-5-10(14)13(6-9)8-3-1-2-7(12)4-8/h1-4,9H,5-6H2. The summed E-state index contributed by atoms with van der Waals surface area (Å²) in [7, 11) is 1.44. The van der Waals surface area contributed by atoms with E-state index in [1.165, 1.54) is 23.1 Å². The first-order valence-electron chi connectivity index (χ1n) is 4.87. The lowest BCUT2D eigenvalue weighted by Crippen LogP contribution is -2.26. The first-order chi connectivity index (χ1) is 7.88. The van der Waals surface area contributed by atoms with E-state index < -0.39 is 20.1 Å². The van der Waals surface area contributed by atoms with Gasteiger partial charge in [0.1, 0.15) is 11.1 Å². The topological polar surface area (TPSA) is 54.5 Å². The van der Waals surface area contributed by atoms with Gasteiger partial charge in [-0.2, -0.15) is 0 Å². The van der Waals surface area contributed by atoms with Gasteiger partial charge in [0, 0.05) is 29.3 Å². The average molecular weight is 278 g/mol.